The van der Waals surface area contributed by atoms with Crippen LogP contribution in [0.4, 0.5) is 0 Å². The number of hydrogen-bond acceptors (Lipinski definition) is 2. The van der Waals surface area contributed by atoms with Gasteiger partial charge in [0.1, 0.15) is 0 Å². The van der Waals surface area contributed by atoms with E-state index in [4.69, 9.17) is 4.43 Å². The van der Waals surface area contributed by atoms with Gasteiger partial charge in [-0.25, -0.2) is 0 Å². The highest BCUT2D eigenvalue weighted by Gasteiger charge is 2.37. The molecule has 0 fully saturated rings. The molecule has 0 saturated heterocycles. The molecular formula is C13H26O2Si. The minimum Gasteiger partial charge on any atom is -0.417 e. The van der Waals surface area contributed by atoms with E-state index in [0.717, 1.165) is 19.4 Å². The summed E-state index contributed by atoms with van der Waals surface area (Å²) in [6, 6.07) is 0. The van der Waals surface area contributed by atoms with Gasteiger partial charge in [0, 0.05) is 6.61 Å². The Labute approximate surface area is 101 Å². The van der Waals surface area contributed by atoms with Gasteiger partial charge in [-0.2, -0.15) is 0 Å². The normalized spacial score (nSPS) is 27.1. The highest BCUT2D eigenvalue weighted by atomic mass is 28.4. The van der Waals surface area contributed by atoms with Gasteiger partial charge in [-0.05, 0) is 36.9 Å². The summed E-state index contributed by atoms with van der Waals surface area (Å²) in [7, 11) is -1.62. The molecule has 16 heavy (non-hydrogen) atoms. The van der Waals surface area contributed by atoms with Gasteiger partial charge >= 0.3 is 0 Å². The Balaban J connectivity index is 2.43. The van der Waals surface area contributed by atoms with Crippen molar-refractivity contribution in [2.24, 2.45) is 5.92 Å². The fourth-order valence-corrected chi connectivity index (χ4v) is 2.71. The molecule has 0 aliphatic heterocycles. The van der Waals surface area contributed by atoms with E-state index in [0.29, 0.717) is 5.92 Å². The Hall–Kier alpha value is -0.123. The van der Waals surface area contributed by atoms with Crippen molar-refractivity contribution in [3.8, 4) is 0 Å². The van der Waals surface area contributed by atoms with Gasteiger partial charge in [0.25, 0.3) is 0 Å². The molecule has 2 nitrogen and oxygen atoms in total. The van der Waals surface area contributed by atoms with Crippen LogP contribution in [0.3, 0.4) is 0 Å². The lowest BCUT2D eigenvalue weighted by Gasteiger charge is -2.37. The third kappa shape index (κ3) is 3.72. The molecule has 0 radical (unpaired) electrons. The summed E-state index contributed by atoms with van der Waals surface area (Å²) >= 11 is 0. The number of allylic oxidation sites excluding steroid dienone is 1. The number of rotatable bonds is 3. The molecule has 0 aromatic heterocycles. The van der Waals surface area contributed by atoms with Crippen molar-refractivity contribution in [3.63, 3.8) is 0 Å². The van der Waals surface area contributed by atoms with Gasteiger partial charge in [-0.1, -0.05) is 32.9 Å². The average Bonchev–Trinajstić information content (AvgIpc) is 2.13. The van der Waals surface area contributed by atoms with E-state index in [1.54, 1.807) is 0 Å². The topological polar surface area (TPSA) is 29.5 Å². The third-order valence-electron chi connectivity index (χ3n) is 3.89. The molecule has 1 rings (SSSR count). The molecule has 0 saturated carbocycles. The molecule has 0 amide bonds. The summed E-state index contributed by atoms with van der Waals surface area (Å²) in [5, 5.41) is 9.81. The van der Waals surface area contributed by atoms with Crippen molar-refractivity contribution in [2.45, 2.75) is 57.8 Å². The first-order valence-electron chi connectivity index (χ1n) is 6.21. The number of hydrogen-bond donors (Lipinski definition) is 1. The first kappa shape index (κ1) is 13.9. The largest absolute Gasteiger partial charge is 0.417 e. The van der Waals surface area contributed by atoms with Crippen LogP contribution in [0.25, 0.3) is 0 Å². The van der Waals surface area contributed by atoms with Crippen molar-refractivity contribution < 1.29 is 9.53 Å². The molecule has 1 N–H and O–H groups in total. The average molecular weight is 242 g/mol. The molecule has 0 aromatic carbocycles. The second-order valence-electron chi connectivity index (χ2n) is 6.40. The number of aliphatic hydroxyl groups is 1. The summed E-state index contributed by atoms with van der Waals surface area (Å²) in [6.07, 6.45) is 5.61. The molecule has 0 heterocycles. The molecule has 0 bridgehead atoms. The molecule has 3 heteroatoms. The van der Waals surface area contributed by atoms with E-state index in [1.807, 2.05) is 6.08 Å². The summed E-state index contributed by atoms with van der Waals surface area (Å²) < 4.78 is 6.18. The van der Waals surface area contributed by atoms with Crippen molar-refractivity contribution in [2.75, 3.05) is 6.61 Å². The zero-order chi connectivity index (χ0) is 12.4. The minimum absolute atomic E-state index is 0.262. The van der Waals surface area contributed by atoms with Gasteiger partial charge in [0.15, 0.2) is 8.32 Å². The fraction of sp³-hybridized carbons (Fsp3) is 0.846. The van der Waals surface area contributed by atoms with Gasteiger partial charge in [0.2, 0.25) is 0 Å². The first-order chi connectivity index (χ1) is 7.22. The van der Waals surface area contributed by atoms with Crippen LogP contribution in [-0.2, 0) is 4.43 Å². The molecule has 94 valence electrons. The Morgan fingerprint density at radius 3 is 2.50 bits per heavy atom. The second-order valence-corrected chi connectivity index (χ2v) is 11.2. The van der Waals surface area contributed by atoms with E-state index in [2.05, 4.69) is 39.9 Å². The highest BCUT2D eigenvalue weighted by molar-refractivity contribution is 6.74. The molecule has 0 unspecified atom stereocenters. The van der Waals surface area contributed by atoms with Crippen molar-refractivity contribution in [1.29, 1.82) is 0 Å². The first-order valence-corrected chi connectivity index (χ1v) is 9.12. The number of aliphatic hydroxyl groups excluding tert-OH is 1. The van der Waals surface area contributed by atoms with E-state index >= 15 is 0 Å². The Kier molecular flexibility index (Phi) is 4.38. The van der Waals surface area contributed by atoms with Crippen LogP contribution >= 0.6 is 0 Å². The van der Waals surface area contributed by atoms with Crippen LogP contribution in [0.1, 0.15) is 33.6 Å². The Morgan fingerprint density at radius 1 is 1.38 bits per heavy atom. The molecule has 1 aliphatic carbocycles. The lowest BCUT2D eigenvalue weighted by atomic mass is 9.93. The van der Waals surface area contributed by atoms with Crippen LogP contribution in [-0.4, -0.2) is 26.1 Å². The summed E-state index contributed by atoms with van der Waals surface area (Å²) in [5.41, 5.74) is 0. The van der Waals surface area contributed by atoms with Crippen LogP contribution in [0.15, 0.2) is 12.2 Å². The second kappa shape index (κ2) is 5.03. The summed E-state index contributed by atoms with van der Waals surface area (Å²) in [4.78, 5) is 0. The Bertz CT molecular complexity index is 253. The predicted octanol–water partition coefficient (Wildman–Crippen LogP) is 3.34. The Morgan fingerprint density at radius 2 is 2.00 bits per heavy atom. The molecule has 2 atom stereocenters. The standard InChI is InChI=1S/C13H26O2Si/c1-13(2,3)16(4,5)15-10-11-7-6-8-12(14)9-11/h6,8,11-12,14H,7,9-10H2,1-5H3/t11-,12-/m0/s1. The van der Waals surface area contributed by atoms with E-state index < -0.39 is 8.32 Å². The zero-order valence-corrected chi connectivity index (χ0v) is 12.3. The quantitative estimate of drug-likeness (QED) is 0.607. The molecular weight excluding hydrogens is 216 g/mol. The van der Waals surface area contributed by atoms with Crippen molar-refractivity contribution in [3.05, 3.63) is 12.2 Å². The maximum atomic E-state index is 9.54. The minimum atomic E-state index is -1.62. The van der Waals surface area contributed by atoms with Gasteiger partial charge in [-0.15, -0.1) is 0 Å². The maximum absolute atomic E-state index is 9.54. The SMILES string of the molecule is CC(C)(C)[Si](C)(C)OC[C@H]1CC=C[C@H](O)C1. The summed E-state index contributed by atoms with van der Waals surface area (Å²) in [5.74, 6) is 0.495. The lowest BCUT2D eigenvalue weighted by molar-refractivity contribution is 0.142. The van der Waals surface area contributed by atoms with E-state index in [-0.39, 0.29) is 11.1 Å². The van der Waals surface area contributed by atoms with Gasteiger partial charge in [0.05, 0.1) is 6.10 Å². The lowest BCUT2D eigenvalue weighted by Crippen LogP contribution is -2.42. The van der Waals surface area contributed by atoms with Crippen LogP contribution in [0, 0.1) is 5.92 Å². The molecule has 0 spiro atoms. The smallest absolute Gasteiger partial charge is 0.191 e. The van der Waals surface area contributed by atoms with Crippen molar-refractivity contribution >= 4 is 8.32 Å². The predicted molar refractivity (Wildman–Crippen MR) is 71.0 cm³/mol. The van der Waals surface area contributed by atoms with Gasteiger partial charge < -0.3 is 9.53 Å². The zero-order valence-electron chi connectivity index (χ0n) is 11.3. The molecule has 1 aliphatic rings. The summed E-state index contributed by atoms with van der Waals surface area (Å²) in [6.45, 7) is 12.1. The monoisotopic (exact) mass is 242 g/mol. The third-order valence-corrected chi connectivity index (χ3v) is 8.39. The van der Waals surface area contributed by atoms with E-state index in [1.165, 1.54) is 0 Å². The maximum Gasteiger partial charge on any atom is 0.191 e. The van der Waals surface area contributed by atoms with Crippen molar-refractivity contribution in [1.82, 2.24) is 0 Å². The van der Waals surface area contributed by atoms with Crippen LogP contribution in [0.2, 0.25) is 18.1 Å². The van der Waals surface area contributed by atoms with Crippen LogP contribution < -0.4 is 0 Å². The molecule has 0 aromatic rings. The van der Waals surface area contributed by atoms with Crippen LogP contribution in [0.5, 0.6) is 0 Å². The van der Waals surface area contributed by atoms with Gasteiger partial charge in [-0.3, -0.25) is 0 Å². The van der Waals surface area contributed by atoms with E-state index in [9.17, 15) is 5.11 Å². The highest BCUT2D eigenvalue weighted by Crippen LogP contribution is 2.37. The fourth-order valence-electron chi connectivity index (χ4n) is 1.62.